The number of pyridine rings is 1. The second kappa shape index (κ2) is 6.40. The summed E-state index contributed by atoms with van der Waals surface area (Å²) in [5.74, 6) is 1.01. The van der Waals surface area contributed by atoms with E-state index in [1.165, 1.54) is 4.68 Å². The quantitative estimate of drug-likeness (QED) is 0.701. The zero-order valence-corrected chi connectivity index (χ0v) is 14.1. The molecule has 0 N–H and O–H groups in total. The van der Waals surface area contributed by atoms with Gasteiger partial charge in [-0.2, -0.15) is 4.98 Å². The molecule has 0 spiro atoms. The smallest absolute Gasteiger partial charge is 0.267 e. The predicted molar refractivity (Wildman–Crippen MR) is 88.5 cm³/mol. The van der Waals surface area contributed by atoms with Crippen molar-refractivity contribution in [3.05, 3.63) is 54.4 Å². The molecule has 1 aromatic carbocycles. The van der Waals surface area contributed by atoms with Gasteiger partial charge >= 0.3 is 0 Å². The maximum absolute atomic E-state index is 11.9. The molecule has 0 unspecified atom stereocenters. The molecule has 0 fully saturated rings. The molecule has 0 atom stereocenters. The van der Waals surface area contributed by atoms with Gasteiger partial charge in [-0.3, -0.25) is 4.98 Å². The van der Waals surface area contributed by atoms with Gasteiger partial charge in [-0.05, 0) is 24.3 Å². The van der Waals surface area contributed by atoms with Crippen molar-refractivity contribution in [1.29, 1.82) is 0 Å². The van der Waals surface area contributed by atoms with Gasteiger partial charge in [0, 0.05) is 12.5 Å². The van der Waals surface area contributed by atoms with E-state index < -0.39 is 9.84 Å². The van der Waals surface area contributed by atoms with E-state index in [4.69, 9.17) is 4.74 Å². The van der Waals surface area contributed by atoms with Gasteiger partial charge in [0.15, 0.2) is 5.82 Å². The van der Waals surface area contributed by atoms with E-state index in [1.54, 1.807) is 19.4 Å². The Kier molecular flexibility index (Phi) is 4.30. The molecule has 0 aliphatic carbocycles. The van der Waals surface area contributed by atoms with E-state index in [2.05, 4.69) is 15.1 Å². The third kappa shape index (κ3) is 3.28. The molecule has 3 rings (SSSR count). The maximum atomic E-state index is 11.9. The van der Waals surface area contributed by atoms with Gasteiger partial charge < -0.3 is 4.74 Å². The molecule has 7 nitrogen and oxygen atoms in total. The van der Waals surface area contributed by atoms with E-state index in [0.29, 0.717) is 23.7 Å². The fourth-order valence-corrected chi connectivity index (χ4v) is 2.76. The zero-order valence-electron chi connectivity index (χ0n) is 13.2. The fraction of sp³-hybridized carbons (Fsp3) is 0.188. The molecule has 0 radical (unpaired) electrons. The Hall–Kier alpha value is -2.74. The van der Waals surface area contributed by atoms with E-state index >= 15 is 0 Å². The zero-order chi connectivity index (χ0) is 17.2. The Morgan fingerprint density at radius 1 is 1.12 bits per heavy atom. The number of ether oxygens (including phenoxy) is 1. The average Bonchev–Trinajstić information content (AvgIpc) is 2.99. The van der Waals surface area contributed by atoms with Crippen LogP contribution in [0, 0.1) is 0 Å². The summed E-state index contributed by atoms with van der Waals surface area (Å²) in [7, 11) is -1.98. The number of methoxy groups -OCH3 is 1. The first-order valence-corrected chi connectivity index (χ1v) is 9.06. The molecule has 0 aliphatic rings. The second-order valence-electron chi connectivity index (χ2n) is 5.17. The molecule has 8 heteroatoms. The van der Waals surface area contributed by atoms with E-state index in [9.17, 15) is 8.42 Å². The van der Waals surface area contributed by atoms with Crippen LogP contribution < -0.4 is 4.74 Å². The van der Waals surface area contributed by atoms with Gasteiger partial charge in [-0.15, -0.1) is 5.10 Å². The summed E-state index contributed by atoms with van der Waals surface area (Å²) in [5, 5.41) is 3.93. The first-order valence-electron chi connectivity index (χ1n) is 7.17. The summed E-state index contributed by atoms with van der Waals surface area (Å²) in [6, 6.07) is 12.8. The van der Waals surface area contributed by atoms with Crippen LogP contribution in [0.1, 0.15) is 5.69 Å². The summed E-state index contributed by atoms with van der Waals surface area (Å²) < 4.78 is 30.6. The van der Waals surface area contributed by atoms with Gasteiger partial charge in [-0.1, -0.05) is 18.2 Å². The lowest BCUT2D eigenvalue weighted by Crippen LogP contribution is -2.07. The SMILES string of the molecule is COc1ccccc1-c1nc(S(C)(=O)=O)nn1Cc1ccccn1. The lowest BCUT2D eigenvalue weighted by molar-refractivity contribution is 0.415. The average molecular weight is 344 g/mol. The van der Waals surface area contributed by atoms with Gasteiger partial charge in [0.2, 0.25) is 9.84 Å². The van der Waals surface area contributed by atoms with Crippen molar-refractivity contribution >= 4 is 9.84 Å². The Labute approximate surface area is 139 Å². The second-order valence-corrected chi connectivity index (χ2v) is 7.08. The molecule has 0 aliphatic heterocycles. The van der Waals surface area contributed by atoms with E-state index in [0.717, 1.165) is 11.9 Å². The Balaban J connectivity index is 2.15. The van der Waals surface area contributed by atoms with Crippen molar-refractivity contribution in [2.24, 2.45) is 0 Å². The summed E-state index contributed by atoms with van der Waals surface area (Å²) >= 11 is 0. The van der Waals surface area contributed by atoms with E-state index in [1.807, 2.05) is 36.4 Å². The number of benzene rings is 1. The molecular formula is C16H16N4O3S. The van der Waals surface area contributed by atoms with Crippen LogP contribution in [0.4, 0.5) is 0 Å². The van der Waals surface area contributed by atoms with Crippen LogP contribution in [0.25, 0.3) is 11.4 Å². The number of para-hydroxylation sites is 1. The molecule has 0 saturated carbocycles. The van der Waals surface area contributed by atoms with Crippen LogP contribution in [-0.2, 0) is 16.4 Å². The molecule has 0 amide bonds. The van der Waals surface area contributed by atoms with Crippen LogP contribution >= 0.6 is 0 Å². The highest BCUT2D eigenvalue weighted by Gasteiger charge is 2.21. The van der Waals surface area contributed by atoms with Crippen molar-refractivity contribution < 1.29 is 13.2 Å². The summed E-state index contributed by atoms with van der Waals surface area (Å²) in [4.78, 5) is 8.47. The third-order valence-corrected chi connectivity index (χ3v) is 4.21. The van der Waals surface area contributed by atoms with Crippen molar-refractivity contribution in [3.8, 4) is 17.1 Å². The Morgan fingerprint density at radius 2 is 1.88 bits per heavy atom. The predicted octanol–water partition coefficient (Wildman–Crippen LogP) is 1.80. The van der Waals surface area contributed by atoms with Crippen molar-refractivity contribution in [3.63, 3.8) is 0 Å². The molecule has 2 heterocycles. The standard InChI is InChI=1S/C16H16N4O3S/c1-23-14-9-4-3-8-13(14)15-18-16(24(2,21)22)19-20(15)11-12-7-5-6-10-17-12/h3-10H,11H2,1-2H3. The number of hydrogen-bond donors (Lipinski definition) is 0. The molecular weight excluding hydrogens is 328 g/mol. The highest BCUT2D eigenvalue weighted by Crippen LogP contribution is 2.29. The Morgan fingerprint density at radius 3 is 2.54 bits per heavy atom. The third-order valence-electron chi connectivity index (χ3n) is 3.37. The number of sulfone groups is 1. The summed E-state index contributed by atoms with van der Waals surface area (Å²) in [6.45, 7) is 0.302. The normalized spacial score (nSPS) is 11.4. The monoisotopic (exact) mass is 344 g/mol. The lowest BCUT2D eigenvalue weighted by atomic mass is 10.2. The highest BCUT2D eigenvalue weighted by atomic mass is 32.2. The first-order chi connectivity index (χ1) is 11.5. The summed E-state index contributed by atoms with van der Waals surface area (Å²) in [5.41, 5.74) is 1.41. The van der Waals surface area contributed by atoms with Gasteiger partial charge in [-0.25, -0.2) is 13.1 Å². The molecule has 24 heavy (non-hydrogen) atoms. The lowest BCUT2D eigenvalue weighted by Gasteiger charge is -2.09. The minimum atomic E-state index is -3.53. The van der Waals surface area contributed by atoms with Crippen LogP contribution in [0.2, 0.25) is 0 Å². The molecule has 0 saturated heterocycles. The Bertz CT molecular complexity index is 952. The van der Waals surface area contributed by atoms with Crippen LogP contribution in [0.15, 0.2) is 53.8 Å². The molecule has 3 aromatic rings. The number of aromatic nitrogens is 4. The van der Waals surface area contributed by atoms with Crippen LogP contribution in [0.3, 0.4) is 0 Å². The molecule has 2 aromatic heterocycles. The van der Waals surface area contributed by atoms with Crippen LogP contribution in [-0.4, -0.2) is 41.5 Å². The van der Waals surface area contributed by atoms with E-state index in [-0.39, 0.29) is 5.16 Å². The van der Waals surface area contributed by atoms with Crippen molar-refractivity contribution in [2.45, 2.75) is 11.7 Å². The van der Waals surface area contributed by atoms with Gasteiger partial charge in [0.1, 0.15) is 5.75 Å². The topological polar surface area (TPSA) is 87.0 Å². The van der Waals surface area contributed by atoms with Gasteiger partial charge in [0.25, 0.3) is 5.16 Å². The minimum absolute atomic E-state index is 0.223. The number of nitrogens with zero attached hydrogens (tertiary/aromatic N) is 4. The van der Waals surface area contributed by atoms with Crippen molar-refractivity contribution in [2.75, 3.05) is 13.4 Å². The molecule has 124 valence electrons. The molecule has 0 bridgehead atoms. The number of rotatable bonds is 5. The fourth-order valence-electron chi connectivity index (χ4n) is 2.26. The first kappa shape index (κ1) is 16.1. The maximum Gasteiger partial charge on any atom is 0.267 e. The largest absolute Gasteiger partial charge is 0.496 e. The van der Waals surface area contributed by atoms with Gasteiger partial charge in [0.05, 0.1) is 24.9 Å². The summed E-state index contributed by atoms with van der Waals surface area (Å²) in [6.07, 6.45) is 2.76. The minimum Gasteiger partial charge on any atom is -0.496 e. The van der Waals surface area contributed by atoms with Crippen molar-refractivity contribution in [1.82, 2.24) is 19.7 Å². The number of hydrogen-bond acceptors (Lipinski definition) is 6. The highest BCUT2D eigenvalue weighted by molar-refractivity contribution is 7.90. The van der Waals surface area contributed by atoms with Crippen LogP contribution in [0.5, 0.6) is 5.75 Å².